The Kier molecular flexibility index (Phi) is 3.93. The van der Waals surface area contributed by atoms with Crippen molar-refractivity contribution in [2.45, 2.75) is 37.4 Å². The zero-order chi connectivity index (χ0) is 18.5. The van der Waals surface area contributed by atoms with E-state index in [-0.39, 0.29) is 17.2 Å². The minimum absolute atomic E-state index is 0.119. The fraction of sp³-hybridized carbons (Fsp3) is 0.316. The largest absolute Gasteiger partial charge is 0.343 e. The average molecular weight is 398 g/mol. The maximum atomic E-state index is 12.9. The van der Waals surface area contributed by atoms with Crippen molar-refractivity contribution in [2.75, 3.05) is 5.32 Å². The van der Waals surface area contributed by atoms with E-state index in [4.69, 9.17) is 11.6 Å². The van der Waals surface area contributed by atoms with Crippen molar-refractivity contribution in [3.05, 3.63) is 51.4 Å². The van der Waals surface area contributed by atoms with E-state index in [1.165, 1.54) is 11.5 Å². The minimum atomic E-state index is -0.223. The highest BCUT2D eigenvalue weighted by Gasteiger charge is 2.41. The maximum Gasteiger partial charge on any atom is 0.281 e. The van der Waals surface area contributed by atoms with Crippen LogP contribution in [0.5, 0.6) is 0 Å². The molecule has 6 nitrogen and oxygen atoms in total. The Bertz CT molecular complexity index is 1150. The maximum absolute atomic E-state index is 12.9. The summed E-state index contributed by atoms with van der Waals surface area (Å²) < 4.78 is 1.76. The van der Waals surface area contributed by atoms with Crippen molar-refractivity contribution < 1.29 is 0 Å². The molecule has 0 amide bonds. The molecule has 0 radical (unpaired) electrons. The summed E-state index contributed by atoms with van der Waals surface area (Å²) in [5.41, 5.74) is 1.38. The lowest BCUT2D eigenvalue weighted by molar-refractivity contribution is 0.411. The lowest BCUT2D eigenvalue weighted by Gasteiger charge is -2.19. The molecule has 0 aliphatic carbocycles. The van der Waals surface area contributed by atoms with E-state index in [1.807, 2.05) is 18.2 Å². The van der Waals surface area contributed by atoms with Gasteiger partial charge in [0, 0.05) is 23.7 Å². The molecule has 0 spiro atoms. The Balaban J connectivity index is 1.59. The second-order valence-corrected chi connectivity index (χ2v) is 8.40. The van der Waals surface area contributed by atoms with Gasteiger partial charge in [0.25, 0.3) is 5.56 Å². The first kappa shape index (κ1) is 16.8. The standard InChI is InChI=1S/C19H16ClN5OS/c20-13-4-6-14-11(2-1-7-22-14)17(13)24-18-12(9-21)19(26)25(27-18)16-8-10-3-5-15(16)23-10/h1-2,4,6-7,10,15-16,23-24H,3,5,8H2/t10-,15-,16?/m1/s1. The molecule has 0 saturated carbocycles. The number of fused-ring (bicyclic) bond motifs is 3. The molecule has 2 aliphatic rings. The van der Waals surface area contributed by atoms with Gasteiger partial charge in [0.2, 0.25) is 0 Å². The molecule has 3 aromatic rings. The fourth-order valence-corrected chi connectivity index (χ4v) is 5.54. The van der Waals surface area contributed by atoms with Crippen LogP contribution in [-0.4, -0.2) is 21.0 Å². The SMILES string of the molecule is N#Cc1c(Nc2c(Cl)ccc3ncccc23)sn(C2C[C@H]3CC[C@H]2N3)c1=O. The van der Waals surface area contributed by atoms with E-state index in [2.05, 4.69) is 21.7 Å². The topological polar surface area (TPSA) is 82.7 Å². The van der Waals surface area contributed by atoms with Crippen LogP contribution in [0.4, 0.5) is 10.7 Å². The van der Waals surface area contributed by atoms with Gasteiger partial charge in [-0.3, -0.25) is 13.7 Å². The van der Waals surface area contributed by atoms with Crippen LogP contribution in [0.25, 0.3) is 10.9 Å². The van der Waals surface area contributed by atoms with E-state index < -0.39 is 0 Å². The molecule has 27 heavy (non-hydrogen) atoms. The Labute approximate surface area is 164 Å². The van der Waals surface area contributed by atoms with Gasteiger partial charge in [-0.15, -0.1) is 0 Å². The number of hydrogen-bond acceptors (Lipinski definition) is 6. The molecule has 1 aromatic carbocycles. The number of anilines is 2. The average Bonchev–Trinajstić information content (AvgIpc) is 3.38. The van der Waals surface area contributed by atoms with Crippen LogP contribution in [0, 0.1) is 11.3 Å². The Morgan fingerprint density at radius 1 is 1.37 bits per heavy atom. The van der Waals surface area contributed by atoms with Crippen LogP contribution >= 0.6 is 23.1 Å². The zero-order valence-electron chi connectivity index (χ0n) is 14.3. The van der Waals surface area contributed by atoms with Gasteiger partial charge in [-0.2, -0.15) is 5.26 Å². The number of pyridine rings is 1. The van der Waals surface area contributed by atoms with Crippen molar-refractivity contribution in [2.24, 2.45) is 0 Å². The first-order chi connectivity index (χ1) is 13.2. The van der Waals surface area contributed by atoms with Crippen molar-refractivity contribution in [3.63, 3.8) is 0 Å². The summed E-state index contributed by atoms with van der Waals surface area (Å²) in [4.78, 5) is 17.2. The highest BCUT2D eigenvalue weighted by atomic mass is 35.5. The van der Waals surface area contributed by atoms with E-state index >= 15 is 0 Å². The lowest BCUT2D eigenvalue weighted by Crippen LogP contribution is -2.30. The number of hydrogen-bond donors (Lipinski definition) is 2. The van der Waals surface area contributed by atoms with Gasteiger partial charge >= 0.3 is 0 Å². The Morgan fingerprint density at radius 3 is 3.00 bits per heavy atom. The van der Waals surface area contributed by atoms with Gasteiger partial charge in [0.1, 0.15) is 11.1 Å². The molecule has 2 aliphatic heterocycles. The predicted octanol–water partition coefficient (Wildman–Crippen LogP) is 3.79. The van der Waals surface area contributed by atoms with Crippen LogP contribution in [0.15, 0.2) is 35.3 Å². The third kappa shape index (κ3) is 2.64. The molecule has 8 heteroatoms. The molecule has 2 aromatic heterocycles. The molecule has 5 rings (SSSR count). The quantitative estimate of drug-likeness (QED) is 0.702. The first-order valence-corrected chi connectivity index (χ1v) is 10.0. The Hall–Kier alpha value is -2.40. The van der Waals surface area contributed by atoms with Gasteiger partial charge in [0.15, 0.2) is 5.56 Å². The van der Waals surface area contributed by atoms with Gasteiger partial charge in [-0.25, -0.2) is 0 Å². The number of nitrogens with one attached hydrogen (secondary N) is 2. The molecule has 4 heterocycles. The van der Waals surface area contributed by atoms with Gasteiger partial charge in [-0.1, -0.05) is 11.6 Å². The second kappa shape index (κ2) is 6.34. The normalized spacial score (nSPS) is 23.6. The second-order valence-electron chi connectivity index (χ2n) is 7.01. The van der Waals surface area contributed by atoms with Crippen molar-refractivity contribution in [1.82, 2.24) is 14.3 Å². The van der Waals surface area contributed by atoms with E-state index in [9.17, 15) is 10.1 Å². The Morgan fingerprint density at radius 2 is 2.26 bits per heavy atom. The minimum Gasteiger partial charge on any atom is -0.343 e. The highest BCUT2D eigenvalue weighted by Crippen LogP contribution is 2.40. The summed E-state index contributed by atoms with van der Waals surface area (Å²) in [7, 11) is 0. The molecule has 2 saturated heterocycles. The number of rotatable bonds is 3. The molecule has 2 bridgehead atoms. The third-order valence-corrected chi connectivity index (χ3v) is 6.92. The monoisotopic (exact) mass is 397 g/mol. The number of nitriles is 1. The number of benzene rings is 1. The molecule has 136 valence electrons. The highest BCUT2D eigenvalue weighted by molar-refractivity contribution is 7.11. The van der Waals surface area contributed by atoms with Crippen LogP contribution in [0.2, 0.25) is 5.02 Å². The molecule has 3 atom stereocenters. The third-order valence-electron chi connectivity index (χ3n) is 5.48. The zero-order valence-corrected chi connectivity index (χ0v) is 15.8. The molecule has 1 unspecified atom stereocenters. The van der Waals surface area contributed by atoms with Crippen LogP contribution in [0.3, 0.4) is 0 Å². The summed E-state index contributed by atoms with van der Waals surface area (Å²) in [5, 5.41) is 18.3. The van der Waals surface area contributed by atoms with Crippen LogP contribution < -0.4 is 16.2 Å². The molecular weight excluding hydrogens is 382 g/mol. The summed E-state index contributed by atoms with van der Waals surface area (Å²) in [5.74, 6) is 0. The van der Waals surface area contributed by atoms with Crippen molar-refractivity contribution in [1.29, 1.82) is 5.26 Å². The first-order valence-electron chi connectivity index (χ1n) is 8.88. The number of nitrogens with zero attached hydrogens (tertiary/aromatic N) is 3. The molecule has 2 fully saturated rings. The van der Waals surface area contributed by atoms with E-state index in [0.717, 1.165) is 30.2 Å². The summed E-state index contributed by atoms with van der Waals surface area (Å²) in [6.45, 7) is 0. The number of halogens is 1. The van der Waals surface area contributed by atoms with Gasteiger partial charge in [-0.05, 0) is 55.1 Å². The summed E-state index contributed by atoms with van der Waals surface area (Å²) in [6.07, 6.45) is 4.90. The predicted molar refractivity (Wildman–Crippen MR) is 107 cm³/mol. The smallest absolute Gasteiger partial charge is 0.281 e. The van der Waals surface area contributed by atoms with Crippen LogP contribution in [-0.2, 0) is 0 Å². The number of aromatic nitrogens is 2. The van der Waals surface area contributed by atoms with Crippen LogP contribution in [0.1, 0.15) is 30.9 Å². The summed E-state index contributed by atoms with van der Waals surface area (Å²) >= 11 is 7.72. The van der Waals surface area contributed by atoms with Crippen molar-refractivity contribution >= 4 is 44.7 Å². The van der Waals surface area contributed by atoms with Crippen molar-refractivity contribution in [3.8, 4) is 6.07 Å². The summed E-state index contributed by atoms with van der Waals surface area (Å²) in [6, 6.07) is 10.4. The van der Waals surface area contributed by atoms with Gasteiger partial charge < -0.3 is 10.6 Å². The van der Waals surface area contributed by atoms with E-state index in [1.54, 1.807) is 16.2 Å². The molecule has 2 N–H and O–H groups in total. The fourth-order valence-electron chi connectivity index (χ4n) is 4.22. The molecular formula is C19H16ClN5OS. The van der Waals surface area contributed by atoms with E-state index in [0.29, 0.717) is 27.8 Å². The lowest BCUT2D eigenvalue weighted by atomic mass is 9.96. The van der Waals surface area contributed by atoms with Gasteiger partial charge in [0.05, 0.1) is 22.3 Å².